The number of aromatic amines is 1. The number of para-hydroxylation sites is 2. The van der Waals surface area contributed by atoms with Crippen LogP contribution in [0.25, 0.3) is 11.0 Å². The summed E-state index contributed by atoms with van der Waals surface area (Å²) in [7, 11) is 0. The number of benzene rings is 1. The summed E-state index contributed by atoms with van der Waals surface area (Å²) in [6, 6.07) is 7.60. The van der Waals surface area contributed by atoms with Crippen molar-refractivity contribution in [1.82, 2.24) is 15.3 Å². The Morgan fingerprint density at radius 1 is 1.41 bits per heavy atom. The van der Waals surface area contributed by atoms with Crippen molar-refractivity contribution >= 4 is 28.7 Å². The Bertz CT molecular complexity index is 592. The predicted octanol–water partition coefficient (Wildman–Crippen LogP) is 2.46. The molecule has 1 aromatic heterocycles. The lowest BCUT2D eigenvalue weighted by Crippen LogP contribution is -2.40. The van der Waals surface area contributed by atoms with Gasteiger partial charge in [0.1, 0.15) is 5.82 Å². The zero-order valence-corrected chi connectivity index (χ0v) is 14.1. The first-order valence-corrected chi connectivity index (χ1v) is 8.92. The molecular formula is C16H24N4OS. The van der Waals surface area contributed by atoms with Crippen LogP contribution in [0.4, 0.5) is 0 Å². The van der Waals surface area contributed by atoms with Crippen molar-refractivity contribution in [3.05, 3.63) is 30.1 Å². The number of hydrogen-bond acceptors (Lipinski definition) is 4. The van der Waals surface area contributed by atoms with E-state index in [1.807, 2.05) is 38.1 Å². The maximum atomic E-state index is 12.3. The molecule has 3 unspecified atom stereocenters. The maximum Gasteiger partial charge on any atom is 0.224 e. The van der Waals surface area contributed by atoms with Gasteiger partial charge in [0.05, 0.1) is 17.1 Å². The minimum atomic E-state index is -0.221. The zero-order chi connectivity index (χ0) is 16.1. The third-order valence-corrected chi connectivity index (χ3v) is 4.51. The summed E-state index contributed by atoms with van der Waals surface area (Å²) in [5.74, 6) is 1.51. The fourth-order valence-corrected chi connectivity index (χ4v) is 2.66. The van der Waals surface area contributed by atoms with Crippen LogP contribution >= 0.6 is 11.8 Å². The van der Waals surface area contributed by atoms with Gasteiger partial charge in [-0.2, -0.15) is 11.8 Å². The van der Waals surface area contributed by atoms with Crippen molar-refractivity contribution in [1.29, 1.82) is 0 Å². The van der Waals surface area contributed by atoms with E-state index in [-0.39, 0.29) is 23.9 Å². The lowest BCUT2D eigenvalue weighted by atomic mass is 10.0. The second kappa shape index (κ2) is 7.65. The monoisotopic (exact) mass is 320 g/mol. The molecule has 4 N–H and O–H groups in total. The van der Waals surface area contributed by atoms with Gasteiger partial charge in [0, 0.05) is 12.0 Å². The number of nitrogens with two attached hydrogens (primary N) is 1. The Morgan fingerprint density at radius 3 is 2.77 bits per heavy atom. The van der Waals surface area contributed by atoms with Gasteiger partial charge in [-0.15, -0.1) is 0 Å². The second-order valence-corrected chi connectivity index (χ2v) is 6.62. The summed E-state index contributed by atoms with van der Waals surface area (Å²) >= 11 is 1.76. The summed E-state index contributed by atoms with van der Waals surface area (Å²) in [6.45, 7) is 3.70. The molecule has 0 saturated carbocycles. The minimum absolute atomic E-state index is 0.0263. The first kappa shape index (κ1) is 16.8. The van der Waals surface area contributed by atoms with Gasteiger partial charge >= 0.3 is 0 Å². The van der Waals surface area contributed by atoms with Crippen LogP contribution in [0.5, 0.6) is 0 Å². The molecule has 2 aromatic rings. The number of amides is 1. The molecule has 1 amide bonds. The Balaban J connectivity index is 2.19. The van der Waals surface area contributed by atoms with Crippen LogP contribution in [0.3, 0.4) is 0 Å². The number of aromatic nitrogens is 2. The minimum Gasteiger partial charge on any atom is -0.346 e. The summed E-state index contributed by atoms with van der Waals surface area (Å²) in [5, 5.41) is 3.08. The van der Waals surface area contributed by atoms with Gasteiger partial charge in [0.15, 0.2) is 0 Å². The number of H-pyrrole nitrogens is 1. The number of carbonyl (C=O) groups is 1. The highest BCUT2D eigenvalue weighted by Crippen LogP contribution is 2.20. The van der Waals surface area contributed by atoms with Gasteiger partial charge in [-0.1, -0.05) is 19.1 Å². The Hall–Kier alpha value is -1.53. The summed E-state index contributed by atoms with van der Waals surface area (Å²) in [4.78, 5) is 20.2. The smallest absolute Gasteiger partial charge is 0.224 e. The molecule has 0 aliphatic rings. The summed E-state index contributed by atoms with van der Waals surface area (Å²) < 4.78 is 0. The number of thioether (sulfide) groups is 1. The number of fused-ring (bicyclic) bond motifs is 1. The quantitative estimate of drug-likeness (QED) is 0.732. The standard InChI is InChI=1S/C16H24N4OS/c1-10(11(2)17)16(21)20-14(8-9-22-3)15-18-12-6-4-5-7-13(12)19-15/h4-7,10-11,14H,8-9,17H2,1-3H3,(H,18,19)(H,20,21). The predicted molar refractivity (Wildman–Crippen MR) is 92.8 cm³/mol. The van der Waals surface area contributed by atoms with Crippen LogP contribution in [-0.4, -0.2) is 33.9 Å². The summed E-state index contributed by atoms with van der Waals surface area (Å²) in [5.41, 5.74) is 7.73. The van der Waals surface area contributed by atoms with Crippen LogP contribution in [-0.2, 0) is 4.79 Å². The van der Waals surface area contributed by atoms with Gasteiger partial charge in [0.2, 0.25) is 5.91 Å². The van der Waals surface area contributed by atoms with Crippen LogP contribution in [0, 0.1) is 5.92 Å². The Morgan fingerprint density at radius 2 is 2.14 bits per heavy atom. The lowest BCUT2D eigenvalue weighted by molar-refractivity contribution is -0.125. The molecule has 1 heterocycles. The van der Waals surface area contributed by atoms with Crippen LogP contribution in [0.1, 0.15) is 32.1 Å². The molecule has 6 heteroatoms. The SMILES string of the molecule is CSCCC(NC(=O)C(C)C(C)N)c1nc2ccccc2[nH]1. The van der Waals surface area contributed by atoms with Gasteiger partial charge in [0.25, 0.3) is 0 Å². The number of rotatable bonds is 7. The van der Waals surface area contributed by atoms with Crippen molar-refractivity contribution in [3.63, 3.8) is 0 Å². The molecule has 22 heavy (non-hydrogen) atoms. The van der Waals surface area contributed by atoms with Crippen molar-refractivity contribution in [2.75, 3.05) is 12.0 Å². The third kappa shape index (κ3) is 4.01. The molecule has 0 fully saturated rings. The molecule has 0 spiro atoms. The number of nitrogens with one attached hydrogen (secondary N) is 2. The van der Waals surface area contributed by atoms with Crippen LogP contribution in [0.2, 0.25) is 0 Å². The molecule has 0 radical (unpaired) electrons. The van der Waals surface area contributed by atoms with Gasteiger partial charge < -0.3 is 16.0 Å². The average Bonchev–Trinajstić information content (AvgIpc) is 2.94. The molecule has 0 aliphatic carbocycles. The van der Waals surface area contributed by atoms with E-state index in [0.717, 1.165) is 29.0 Å². The second-order valence-electron chi connectivity index (χ2n) is 5.63. The summed E-state index contributed by atoms with van der Waals surface area (Å²) in [6.07, 6.45) is 2.89. The number of nitrogens with zero attached hydrogens (tertiary/aromatic N) is 1. The van der Waals surface area contributed by atoms with Gasteiger partial charge in [-0.05, 0) is 37.5 Å². The van der Waals surface area contributed by atoms with Crippen molar-refractivity contribution in [2.45, 2.75) is 32.4 Å². The molecule has 5 nitrogen and oxygen atoms in total. The molecule has 0 aliphatic heterocycles. The highest BCUT2D eigenvalue weighted by Gasteiger charge is 2.23. The van der Waals surface area contributed by atoms with Crippen LogP contribution in [0.15, 0.2) is 24.3 Å². The van der Waals surface area contributed by atoms with Crippen LogP contribution < -0.4 is 11.1 Å². The van der Waals surface area contributed by atoms with E-state index in [9.17, 15) is 4.79 Å². The number of imidazole rings is 1. The lowest BCUT2D eigenvalue weighted by Gasteiger charge is -2.21. The molecule has 3 atom stereocenters. The van der Waals surface area contributed by atoms with Crippen molar-refractivity contribution in [2.24, 2.45) is 11.7 Å². The number of hydrogen-bond donors (Lipinski definition) is 3. The van der Waals surface area contributed by atoms with E-state index < -0.39 is 0 Å². The third-order valence-electron chi connectivity index (χ3n) is 3.87. The molecule has 1 aromatic carbocycles. The largest absolute Gasteiger partial charge is 0.346 e. The van der Waals surface area contributed by atoms with E-state index in [2.05, 4.69) is 21.5 Å². The van der Waals surface area contributed by atoms with Gasteiger partial charge in [-0.25, -0.2) is 4.98 Å². The fourth-order valence-electron chi connectivity index (χ4n) is 2.19. The molecule has 120 valence electrons. The van der Waals surface area contributed by atoms with E-state index in [0.29, 0.717) is 0 Å². The van der Waals surface area contributed by atoms with E-state index in [4.69, 9.17) is 5.73 Å². The first-order valence-electron chi connectivity index (χ1n) is 7.52. The molecule has 2 rings (SSSR count). The Labute approximate surface area is 135 Å². The topological polar surface area (TPSA) is 83.8 Å². The average molecular weight is 320 g/mol. The van der Waals surface area contributed by atoms with Gasteiger partial charge in [-0.3, -0.25) is 4.79 Å². The van der Waals surface area contributed by atoms with Crippen molar-refractivity contribution in [3.8, 4) is 0 Å². The van der Waals surface area contributed by atoms with E-state index >= 15 is 0 Å². The first-order chi connectivity index (χ1) is 10.5. The van der Waals surface area contributed by atoms with Crippen molar-refractivity contribution < 1.29 is 4.79 Å². The molecule has 0 bridgehead atoms. The normalized spacial score (nSPS) is 15.5. The van der Waals surface area contributed by atoms with E-state index in [1.165, 1.54) is 0 Å². The molecular weight excluding hydrogens is 296 g/mol. The number of carbonyl (C=O) groups excluding carboxylic acids is 1. The van der Waals surface area contributed by atoms with E-state index in [1.54, 1.807) is 11.8 Å². The highest BCUT2D eigenvalue weighted by molar-refractivity contribution is 7.98. The molecule has 0 saturated heterocycles. The highest BCUT2D eigenvalue weighted by atomic mass is 32.2. The zero-order valence-electron chi connectivity index (χ0n) is 13.3. The Kier molecular flexibility index (Phi) is 5.85. The fraction of sp³-hybridized carbons (Fsp3) is 0.500. The maximum absolute atomic E-state index is 12.3.